The minimum absolute atomic E-state index is 0.0440. The third-order valence-corrected chi connectivity index (χ3v) is 5.37. The molecule has 29 heavy (non-hydrogen) atoms. The highest BCUT2D eigenvalue weighted by Gasteiger charge is 2.44. The van der Waals surface area contributed by atoms with Crippen molar-refractivity contribution >= 4 is 27.8 Å². The minimum atomic E-state index is -0.748. The van der Waals surface area contributed by atoms with E-state index < -0.39 is 22.9 Å². The Labute approximate surface area is 179 Å². The molecule has 3 atom stereocenters. The Morgan fingerprint density at radius 2 is 1.66 bits per heavy atom. The number of carbonyl (C=O) groups excluding carboxylic acids is 2. The highest BCUT2D eigenvalue weighted by atomic mass is 79.9. The number of hydrogen-bond donors (Lipinski definition) is 1. The van der Waals surface area contributed by atoms with E-state index >= 15 is 0 Å². The Bertz CT molecular complexity index is 896. The van der Waals surface area contributed by atoms with E-state index in [1.165, 1.54) is 0 Å². The van der Waals surface area contributed by atoms with Crippen molar-refractivity contribution in [1.82, 2.24) is 4.90 Å². The summed E-state index contributed by atoms with van der Waals surface area (Å²) in [5.41, 5.74) is 1.75. The molecule has 0 saturated carbocycles. The fourth-order valence-corrected chi connectivity index (χ4v) is 3.95. The van der Waals surface area contributed by atoms with Gasteiger partial charge in [-0.2, -0.15) is 0 Å². The highest BCUT2D eigenvalue weighted by molar-refractivity contribution is 9.10. The number of carbonyl (C=O) groups is 2. The second-order valence-corrected chi connectivity index (χ2v) is 8.26. The summed E-state index contributed by atoms with van der Waals surface area (Å²) in [6.07, 6.45) is 0.146. The molecule has 0 saturated heterocycles. The van der Waals surface area contributed by atoms with Crippen LogP contribution in [0.15, 0.2) is 72.0 Å². The second-order valence-electron chi connectivity index (χ2n) is 6.89. The van der Waals surface area contributed by atoms with Crippen molar-refractivity contribution in [1.29, 1.82) is 0 Å². The minimum Gasteiger partial charge on any atom is -0.512 e. The van der Waals surface area contributed by atoms with Crippen LogP contribution in [0.2, 0.25) is 0 Å². The third kappa shape index (κ3) is 4.37. The molecule has 2 aromatic carbocycles. The van der Waals surface area contributed by atoms with Crippen LogP contribution < -0.4 is 0 Å². The van der Waals surface area contributed by atoms with E-state index in [9.17, 15) is 14.7 Å². The van der Waals surface area contributed by atoms with Crippen molar-refractivity contribution in [3.05, 3.63) is 83.1 Å². The average molecular weight is 458 g/mol. The number of alkyl halides is 1. The molecule has 5 nitrogen and oxygen atoms in total. The molecule has 1 N–H and O–H groups in total. The van der Waals surface area contributed by atoms with Gasteiger partial charge in [-0.05, 0) is 25.0 Å². The van der Waals surface area contributed by atoms with Crippen LogP contribution in [0.25, 0.3) is 0 Å². The molecule has 0 aliphatic carbocycles. The molecule has 1 aliphatic heterocycles. The SMILES string of the molecule is CCOC(=O)C1=C(O)C[C@H](c2ccccc2)N(C(=O)[C@H](C)Br)[C@@H]1c1ccccc1. The fraction of sp³-hybridized carbons (Fsp3) is 0.304. The Balaban J connectivity index is 2.22. The van der Waals surface area contributed by atoms with Gasteiger partial charge in [0.25, 0.3) is 0 Å². The molecule has 0 fully saturated rings. The van der Waals surface area contributed by atoms with Crippen molar-refractivity contribution in [3.8, 4) is 0 Å². The summed E-state index contributed by atoms with van der Waals surface area (Å²) >= 11 is 3.39. The van der Waals surface area contributed by atoms with Gasteiger partial charge in [-0.1, -0.05) is 76.6 Å². The van der Waals surface area contributed by atoms with Crippen LogP contribution in [0.4, 0.5) is 0 Å². The van der Waals surface area contributed by atoms with Crippen molar-refractivity contribution in [3.63, 3.8) is 0 Å². The van der Waals surface area contributed by atoms with Crippen LogP contribution in [0, 0.1) is 0 Å². The molecule has 1 heterocycles. The molecule has 0 bridgehead atoms. The number of nitrogens with zero attached hydrogens (tertiary/aromatic N) is 1. The van der Waals surface area contributed by atoms with E-state index in [1.807, 2.05) is 60.7 Å². The smallest absolute Gasteiger partial charge is 0.339 e. The van der Waals surface area contributed by atoms with Gasteiger partial charge in [0.05, 0.1) is 23.5 Å². The number of halogens is 1. The summed E-state index contributed by atoms with van der Waals surface area (Å²) in [6.45, 7) is 3.66. The molecule has 0 radical (unpaired) electrons. The quantitative estimate of drug-likeness (QED) is 0.514. The Hall–Kier alpha value is -2.60. The molecule has 1 amide bonds. The van der Waals surface area contributed by atoms with Gasteiger partial charge >= 0.3 is 5.97 Å². The van der Waals surface area contributed by atoms with Gasteiger partial charge in [-0.15, -0.1) is 0 Å². The van der Waals surface area contributed by atoms with E-state index in [1.54, 1.807) is 18.7 Å². The van der Waals surface area contributed by atoms with E-state index in [2.05, 4.69) is 15.9 Å². The van der Waals surface area contributed by atoms with Gasteiger partial charge in [0.2, 0.25) is 5.91 Å². The maximum absolute atomic E-state index is 13.3. The zero-order valence-corrected chi connectivity index (χ0v) is 18.0. The standard InChI is InChI=1S/C23H24BrNO4/c1-3-29-23(28)20-19(26)14-18(16-10-6-4-7-11-16)25(22(27)15(2)24)21(20)17-12-8-5-9-13-17/h4-13,15,18,21,26H,3,14H2,1-2H3/t15-,18+,21+/m0/s1. The third-order valence-electron chi connectivity index (χ3n) is 4.97. The van der Waals surface area contributed by atoms with Crippen LogP contribution in [0.1, 0.15) is 43.5 Å². The Morgan fingerprint density at radius 1 is 1.10 bits per heavy atom. The van der Waals surface area contributed by atoms with Gasteiger partial charge in [0.1, 0.15) is 11.3 Å². The maximum Gasteiger partial charge on any atom is 0.339 e. The van der Waals surface area contributed by atoms with Crippen LogP contribution in [-0.2, 0) is 14.3 Å². The zero-order valence-electron chi connectivity index (χ0n) is 16.4. The van der Waals surface area contributed by atoms with E-state index in [-0.39, 0.29) is 30.3 Å². The summed E-state index contributed by atoms with van der Waals surface area (Å²) in [5.74, 6) is -0.815. The number of hydrogen-bond acceptors (Lipinski definition) is 4. The van der Waals surface area contributed by atoms with E-state index in [0.29, 0.717) is 0 Å². The van der Waals surface area contributed by atoms with Crippen molar-refractivity contribution in [2.75, 3.05) is 6.61 Å². The number of amides is 1. The first kappa shape index (κ1) is 21.1. The fourth-order valence-electron chi connectivity index (χ4n) is 3.71. The van der Waals surface area contributed by atoms with Gasteiger partial charge in [-0.25, -0.2) is 4.79 Å². The summed E-state index contributed by atoms with van der Waals surface area (Å²) in [5, 5.41) is 10.9. The van der Waals surface area contributed by atoms with E-state index in [0.717, 1.165) is 11.1 Å². The molecule has 0 unspecified atom stereocenters. The number of aliphatic hydroxyl groups excluding tert-OH is 1. The molecule has 2 aromatic rings. The molecule has 0 aromatic heterocycles. The lowest BCUT2D eigenvalue weighted by Crippen LogP contribution is -2.46. The van der Waals surface area contributed by atoms with Crippen molar-refractivity contribution in [2.45, 2.75) is 37.2 Å². The van der Waals surface area contributed by atoms with Gasteiger partial charge in [0.15, 0.2) is 0 Å². The Kier molecular flexibility index (Phi) is 6.75. The zero-order chi connectivity index (χ0) is 21.0. The van der Waals surface area contributed by atoms with Crippen molar-refractivity contribution < 1.29 is 19.4 Å². The Morgan fingerprint density at radius 3 is 2.17 bits per heavy atom. The van der Waals surface area contributed by atoms with Gasteiger partial charge < -0.3 is 14.7 Å². The van der Waals surface area contributed by atoms with Crippen LogP contribution in [0.3, 0.4) is 0 Å². The summed E-state index contributed by atoms with van der Waals surface area (Å²) < 4.78 is 5.23. The summed E-state index contributed by atoms with van der Waals surface area (Å²) in [4.78, 5) is 27.3. The van der Waals surface area contributed by atoms with Crippen molar-refractivity contribution in [2.24, 2.45) is 0 Å². The lowest BCUT2D eigenvalue weighted by atomic mass is 9.85. The van der Waals surface area contributed by atoms with Crippen LogP contribution >= 0.6 is 15.9 Å². The van der Waals surface area contributed by atoms with Gasteiger partial charge in [-0.3, -0.25) is 4.79 Å². The molecule has 3 rings (SSSR count). The number of benzene rings is 2. The van der Waals surface area contributed by atoms with Gasteiger partial charge in [0, 0.05) is 6.42 Å². The normalized spacial score (nSPS) is 20.3. The summed E-state index contributed by atoms with van der Waals surface area (Å²) in [7, 11) is 0. The molecule has 1 aliphatic rings. The highest BCUT2D eigenvalue weighted by Crippen LogP contribution is 2.45. The first-order valence-electron chi connectivity index (χ1n) is 9.61. The number of aliphatic hydroxyl groups is 1. The van der Waals surface area contributed by atoms with Crippen LogP contribution in [-0.4, -0.2) is 33.3 Å². The van der Waals surface area contributed by atoms with Crippen LogP contribution in [0.5, 0.6) is 0 Å². The predicted molar refractivity (Wildman–Crippen MR) is 115 cm³/mol. The maximum atomic E-state index is 13.3. The lowest BCUT2D eigenvalue weighted by molar-refractivity contribution is -0.142. The molecular weight excluding hydrogens is 434 g/mol. The molecule has 0 spiro atoms. The molecule has 6 heteroatoms. The molecular formula is C23H24BrNO4. The lowest BCUT2D eigenvalue weighted by Gasteiger charge is -2.43. The second kappa shape index (κ2) is 9.27. The first-order chi connectivity index (χ1) is 14.0. The largest absolute Gasteiger partial charge is 0.512 e. The molecule has 152 valence electrons. The monoisotopic (exact) mass is 457 g/mol. The number of rotatable bonds is 5. The number of esters is 1. The predicted octanol–water partition coefficient (Wildman–Crippen LogP) is 4.86. The average Bonchev–Trinajstić information content (AvgIpc) is 2.73. The topological polar surface area (TPSA) is 66.8 Å². The first-order valence-corrected chi connectivity index (χ1v) is 10.5. The van der Waals surface area contributed by atoms with E-state index in [4.69, 9.17) is 4.74 Å². The summed E-state index contributed by atoms with van der Waals surface area (Å²) in [6, 6.07) is 17.7. The number of ether oxygens (including phenoxy) is 1.